The lowest BCUT2D eigenvalue weighted by Crippen LogP contribution is -2.41. The van der Waals surface area contributed by atoms with Crippen LogP contribution in [-0.4, -0.2) is 60.4 Å². The summed E-state index contributed by atoms with van der Waals surface area (Å²) < 4.78 is 5.28. The molecule has 0 atom stereocenters. The summed E-state index contributed by atoms with van der Waals surface area (Å²) in [7, 11) is 0. The minimum Gasteiger partial charge on any atom is -0.379 e. The lowest BCUT2D eigenvalue weighted by Gasteiger charge is -2.26. The van der Waals surface area contributed by atoms with E-state index >= 15 is 0 Å². The zero-order valence-corrected chi connectivity index (χ0v) is 12.1. The van der Waals surface area contributed by atoms with Gasteiger partial charge >= 0.3 is 0 Å². The molecule has 0 spiro atoms. The highest BCUT2D eigenvalue weighted by Gasteiger charge is 2.12. The van der Waals surface area contributed by atoms with E-state index in [9.17, 15) is 4.79 Å². The molecule has 1 saturated heterocycles. The number of aromatic nitrogens is 2. The molecule has 0 radical (unpaired) electrons. The van der Waals surface area contributed by atoms with E-state index in [0.29, 0.717) is 18.2 Å². The third kappa shape index (κ3) is 4.25. The van der Waals surface area contributed by atoms with Gasteiger partial charge in [-0.1, -0.05) is 13.8 Å². The first-order valence-electron chi connectivity index (χ1n) is 7.08. The standard InChI is InChI=1S/C14H22N4O2.H2/c1-11(2)12-3-4-13(17-16-12)14(19)15-5-6-18-7-9-20-10-8-18;/h3-4,11H,5-10H2,1-2H3,(H,15,19);1H. The second-order valence-corrected chi connectivity index (χ2v) is 5.21. The van der Waals surface area contributed by atoms with Gasteiger partial charge in [0.05, 0.1) is 18.9 Å². The molecule has 0 saturated carbocycles. The van der Waals surface area contributed by atoms with E-state index in [4.69, 9.17) is 4.74 Å². The molecule has 1 N–H and O–H groups in total. The number of amides is 1. The molecule has 0 bridgehead atoms. The van der Waals surface area contributed by atoms with Crippen LogP contribution in [0.2, 0.25) is 0 Å². The van der Waals surface area contributed by atoms with Crippen LogP contribution in [0.3, 0.4) is 0 Å². The average molecular weight is 280 g/mol. The fraction of sp³-hybridized carbons (Fsp3) is 0.643. The first-order chi connectivity index (χ1) is 9.66. The van der Waals surface area contributed by atoms with Crippen LogP contribution in [0.4, 0.5) is 0 Å². The molecule has 20 heavy (non-hydrogen) atoms. The van der Waals surface area contributed by atoms with E-state index in [1.54, 1.807) is 6.07 Å². The van der Waals surface area contributed by atoms with Gasteiger partial charge < -0.3 is 10.1 Å². The lowest BCUT2D eigenvalue weighted by atomic mass is 10.1. The maximum atomic E-state index is 11.9. The number of ether oxygens (including phenoxy) is 1. The Hall–Kier alpha value is -1.53. The minimum absolute atomic E-state index is 0. The molecular formula is C14H24N4O2. The summed E-state index contributed by atoms with van der Waals surface area (Å²) in [4.78, 5) is 14.2. The monoisotopic (exact) mass is 280 g/mol. The molecule has 0 unspecified atom stereocenters. The topological polar surface area (TPSA) is 67.4 Å². The number of carbonyl (C=O) groups is 1. The number of morpholine rings is 1. The van der Waals surface area contributed by atoms with Crippen LogP contribution in [0.5, 0.6) is 0 Å². The summed E-state index contributed by atoms with van der Waals surface area (Å²) >= 11 is 0. The van der Waals surface area contributed by atoms with Crippen molar-refractivity contribution in [1.82, 2.24) is 20.4 Å². The molecule has 1 amide bonds. The molecule has 112 valence electrons. The third-order valence-electron chi connectivity index (χ3n) is 3.33. The Morgan fingerprint density at radius 2 is 2.15 bits per heavy atom. The van der Waals surface area contributed by atoms with Gasteiger partial charge in [-0.2, -0.15) is 5.10 Å². The van der Waals surface area contributed by atoms with E-state index in [1.165, 1.54) is 0 Å². The van der Waals surface area contributed by atoms with E-state index in [2.05, 4.69) is 20.4 Å². The fourth-order valence-electron chi connectivity index (χ4n) is 2.01. The Morgan fingerprint density at radius 3 is 2.75 bits per heavy atom. The summed E-state index contributed by atoms with van der Waals surface area (Å²) in [5, 5.41) is 10.9. The molecule has 1 aliphatic heterocycles. The Labute approximate surface area is 121 Å². The SMILES string of the molecule is CC(C)c1ccc(C(=O)NCCN2CCOCC2)nn1.[HH]. The van der Waals surface area contributed by atoms with Crippen LogP contribution in [0.25, 0.3) is 0 Å². The molecular weight excluding hydrogens is 256 g/mol. The second-order valence-electron chi connectivity index (χ2n) is 5.21. The number of nitrogens with zero attached hydrogens (tertiary/aromatic N) is 3. The van der Waals surface area contributed by atoms with Crippen LogP contribution in [0, 0.1) is 0 Å². The van der Waals surface area contributed by atoms with Gasteiger partial charge in [0.25, 0.3) is 5.91 Å². The van der Waals surface area contributed by atoms with E-state index < -0.39 is 0 Å². The summed E-state index contributed by atoms with van der Waals surface area (Å²) in [6.45, 7) is 8.96. The number of hydrogen-bond donors (Lipinski definition) is 1. The molecule has 1 aromatic heterocycles. The molecule has 6 heteroatoms. The highest BCUT2D eigenvalue weighted by molar-refractivity contribution is 5.91. The highest BCUT2D eigenvalue weighted by atomic mass is 16.5. The van der Waals surface area contributed by atoms with Gasteiger partial charge in [0.15, 0.2) is 5.69 Å². The average Bonchev–Trinajstić information content (AvgIpc) is 2.48. The Kier molecular flexibility index (Phi) is 5.43. The summed E-state index contributed by atoms with van der Waals surface area (Å²) in [5.41, 5.74) is 1.27. The van der Waals surface area contributed by atoms with Crippen molar-refractivity contribution in [2.45, 2.75) is 19.8 Å². The number of rotatable bonds is 5. The predicted molar refractivity (Wildman–Crippen MR) is 77.8 cm³/mol. The van der Waals surface area contributed by atoms with E-state index in [0.717, 1.165) is 38.5 Å². The molecule has 0 aromatic carbocycles. The molecule has 2 heterocycles. The fourth-order valence-corrected chi connectivity index (χ4v) is 2.01. The zero-order valence-electron chi connectivity index (χ0n) is 12.1. The van der Waals surface area contributed by atoms with Crippen LogP contribution in [-0.2, 0) is 4.74 Å². The summed E-state index contributed by atoms with van der Waals surface area (Å²) in [5.74, 6) is 0.155. The molecule has 1 aromatic rings. The summed E-state index contributed by atoms with van der Waals surface area (Å²) in [6, 6.07) is 3.58. The van der Waals surface area contributed by atoms with Crippen molar-refractivity contribution in [3.63, 3.8) is 0 Å². The third-order valence-corrected chi connectivity index (χ3v) is 3.33. The van der Waals surface area contributed by atoms with Crippen LogP contribution >= 0.6 is 0 Å². The molecule has 1 fully saturated rings. The predicted octanol–water partition coefficient (Wildman–Crippen LogP) is 0.908. The van der Waals surface area contributed by atoms with Crippen molar-refractivity contribution < 1.29 is 11.0 Å². The van der Waals surface area contributed by atoms with Gasteiger partial charge in [0, 0.05) is 27.6 Å². The van der Waals surface area contributed by atoms with Gasteiger partial charge in [-0.15, -0.1) is 5.10 Å². The minimum atomic E-state index is -0.166. The first-order valence-corrected chi connectivity index (χ1v) is 7.08. The highest BCUT2D eigenvalue weighted by Crippen LogP contribution is 2.09. The van der Waals surface area contributed by atoms with Gasteiger partial charge in [-0.25, -0.2) is 0 Å². The zero-order chi connectivity index (χ0) is 14.4. The van der Waals surface area contributed by atoms with Crippen molar-refractivity contribution in [2.24, 2.45) is 0 Å². The van der Waals surface area contributed by atoms with Gasteiger partial charge in [-0.05, 0) is 18.1 Å². The maximum Gasteiger partial charge on any atom is 0.271 e. The van der Waals surface area contributed by atoms with Gasteiger partial charge in [-0.3, -0.25) is 9.69 Å². The molecule has 0 aliphatic carbocycles. The molecule has 2 rings (SSSR count). The number of carbonyl (C=O) groups excluding carboxylic acids is 1. The lowest BCUT2D eigenvalue weighted by molar-refractivity contribution is 0.0383. The molecule has 1 aliphatic rings. The Morgan fingerprint density at radius 1 is 1.40 bits per heavy atom. The largest absolute Gasteiger partial charge is 0.379 e. The van der Waals surface area contributed by atoms with Crippen molar-refractivity contribution >= 4 is 5.91 Å². The van der Waals surface area contributed by atoms with Crippen molar-refractivity contribution in [1.29, 1.82) is 0 Å². The quantitative estimate of drug-likeness (QED) is 0.868. The van der Waals surface area contributed by atoms with E-state index in [1.807, 2.05) is 19.9 Å². The van der Waals surface area contributed by atoms with Crippen LogP contribution < -0.4 is 5.32 Å². The van der Waals surface area contributed by atoms with Crippen LogP contribution in [0.15, 0.2) is 12.1 Å². The van der Waals surface area contributed by atoms with Crippen molar-refractivity contribution in [3.8, 4) is 0 Å². The van der Waals surface area contributed by atoms with Crippen LogP contribution in [0.1, 0.15) is 37.4 Å². The number of hydrogen-bond acceptors (Lipinski definition) is 5. The molecule has 6 nitrogen and oxygen atoms in total. The summed E-state index contributed by atoms with van der Waals surface area (Å²) in [6.07, 6.45) is 0. The van der Waals surface area contributed by atoms with Gasteiger partial charge in [0.1, 0.15) is 0 Å². The Bertz CT molecular complexity index is 433. The first kappa shape index (κ1) is 14.9. The smallest absolute Gasteiger partial charge is 0.271 e. The normalized spacial score (nSPS) is 16.4. The maximum absolute atomic E-state index is 11.9. The second kappa shape index (κ2) is 7.31. The number of nitrogens with one attached hydrogen (secondary N) is 1. The van der Waals surface area contributed by atoms with Crippen molar-refractivity contribution in [3.05, 3.63) is 23.5 Å². The van der Waals surface area contributed by atoms with E-state index in [-0.39, 0.29) is 7.33 Å². The van der Waals surface area contributed by atoms with Crippen molar-refractivity contribution in [2.75, 3.05) is 39.4 Å². The Balaban J connectivity index is 0.00000220. The van der Waals surface area contributed by atoms with Gasteiger partial charge in [0.2, 0.25) is 0 Å².